The number of amides is 1. The predicted octanol–water partition coefficient (Wildman–Crippen LogP) is -0.428. The second-order valence-corrected chi connectivity index (χ2v) is 8.38. The topological polar surface area (TPSA) is 47.6 Å². The average molecular weight is 412 g/mol. The summed E-state index contributed by atoms with van der Waals surface area (Å²) in [5.74, 6) is 1.75. The molecule has 0 aromatic heterocycles. The van der Waals surface area contributed by atoms with Crippen LogP contribution in [0.3, 0.4) is 0 Å². The third kappa shape index (κ3) is 4.77. The predicted molar refractivity (Wildman–Crippen MR) is 115 cm³/mol. The van der Waals surface area contributed by atoms with Gasteiger partial charge in [-0.1, -0.05) is 30.3 Å². The van der Waals surface area contributed by atoms with E-state index >= 15 is 0 Å². The lowest BCUT2D eigenvalue weighted by molar-refractivity contribution is -1.02. The Bertz CT molecular complexity index is 863. The summed E-state index contributed by atoms with van der Waals surface area (Å²) >= 11 is 0. The number of methoxy groups -OCH3 is 2. The molecule has 1 fully saturated rings. The molecule has 2 heterocycles. The quantitative estimate of drug-likeness (QED) is 0.679. The number of hydrogen-bond donors (Lipinski definition) is 2. The molecule has 0 aliphatic carbocycles. The molecule has 2 N–H and O–H groups in total. The Labute approximate surface area is 179 Å². The molecule has 0 bridgehead atoms. The van der Waals surface area contributed by atoms with Gasteiger partial charge in [0.05, 0.1) is 14.2 Å². The molecule has 0 unspecified atom stereocenters. The number of hydrogen-bond acceptors (Lipinski definition) is 3. The highest BCUT2D eigenvalue weighted by Gasteiger charge is 2.29. The molecule has 2 aromatic carbocycles. The second kappa shape index (κ2) is 9.49. The van der Waals surface area contributed by atoms with Gasteiger partial charge in [0.1, 0.15) is 32.7 Å². The zero-order valence-electron chi connectivity index (χ0n) is 18.1. The van der Waals surface area contributed by atoms with E-state index in [2.05, 4.69) is 36.4 Å². The number of carbonyl (C=O) groups excluding carboxylic acids is 1. The van der Waals surface area contributed by atoms with Crippen molar-refractivity contribution in [3.05, 3.63) is 59.2 Å². The van der Waals surface area contributed by atoms with Gasteiger partial charge in [0, 0.05) is 18.7 Å². The first-order valence-corrected chi connectivity index (χ1v) is 10.9. The summed E-state index contributed by atoms with van der Waals surface area (Å²) in [7, 11) is 3.31. The van der Waals surface area contributed by atoms with Gasteiger partial charge < -0.3 is 24.2 Å². The number of carbonyl (C=O) groups is 1. The van der Waals surface area contributed by atoms with Gasteiger partial charge in [-0.3, -0.25) is 4.79 Å². The van der Waals surface area contributed by atoms with E-state index in [0.29, 0.717) is 13.1 Å². The summed E-state index contributed by atoms with van der Waals surface area (Å²) in [5.41, 5.74) is 3.81. The molecule has 0 saturated carbocycles. The third-order valence-electron chi connectivity index (χ3n) is 6.43. The monoisotopic (exact) mass is 411 g/mol. The number of benzene rings is 2. The van der Waals surface area contributed by atoms with Crippen LogP contribution in [0.4, 0.5) is 0 Å². The zero-order valence-corrected chi connectivity index (χ0v) is 18.1. The Hall–Kier alpha value is -2.57. The van der Waals surface area contributed by atoms with E-state index in [0.717, 1.165) is 57.2 Å². The van der Waals surface area contributed by atoms with Crippen LogP contribution in [0.2, 0.25) is 0 Å². The molecule has 0 atom stereocenters. The molecule has 30 heavy (non-hydrogen) atoms. The normalized spacial score (nSPS) is 21.1. The molecule has 1 amide bonds. The van der Waals surface area contributed by atoms with Crippen molar-refractivity contribution in [3.63, 3.8) is 0 Å². The minimum Gasteiger partial charge on any atom is -0.493 e. The van der Waals surface area contributed by atoms with Crippen molar-refractivity contribution >= 4 is 5.91 Å². The van der Waals surface area contributed by atoms with Crippen molar-refractivity contribution in [2.24, 2.45) is 0 Å². The van der Waals surface area contributed by atoms with E-state index in [4.69, 9.17) is 9.47 Å². The first-order chi connectivity index (χ1) is 14.7. The van der Waals surface area contributed by atoms with Gasteiger partial charge in [0.15, 0.2) is 18.0 Å². The molecular weight excluding hydrogens is 378 g/mol. The number of fused-ring (bicyclic) bond motifs is 1. The molecule has 4 rings (SSSR count). The largest absolute Gasteiger partial charge is 0.493 e. The number of rotatable bonds is 6. The van der Waals surface area contributed by atoms with Gasteiger partial charge in [0.25, 0.3) is 5.91 Å². The Kier molecular flexibility index (Phi) is 6.55. The van der Waals surface area contributed by atoms with E-state index < -0.39 is 0 Å². The van der Waals surface area contributed by atoms with Gasteiger partial charge in [0.2, 0.25) is 0 Å². The first kappa shape index (κ1) is 20.7. The summed E-state index contributed by atoms with van der Waals surface area (Å²) < 4.78 is 10.8. The summed E-state index contributed by atoms with van der Waals surface area (Å²) in [6.07, 6.45) is 0.867. The maximum atomic E-state index is 13.0. The number of piperazine rings is 1. The number of nitrogens with zero attached hydrogens (tertiary/aromatic N) is 1. The van der Waals surface area contributed by atoms with Gasteiger partial charge in [-0.05, 0) is 29.7 Å². The minimum absolute atomic E-state index is 0.261. The van der Waals surface area contributed by atoms with Crippen molar-refractivity contribution in [2.45, 2.75) is 19.5 Å². The molecule has 160 valence electrons. The van der Waals surface area contributed by atoms with Crippen LogP contribution < -0.4 is 19.3 Å². The average Bonchev–Trinajstić information content (AvgIpc) is 2.79. The Morgan fingerprint density at radius 2 is 1.57 bits per heavy atom. The van der Waals surface area contributed by atoms with E-state index in [-0.39, 0.29) is 5.91 Å². The number of ether oxygens (including phenoxy) is 2. The van der Waals surface area contributed by atoms with Crippen LogP contribution >= 0.6 is 0 Å². The second-order valence-electron chi connectivity index (χ2n) is 8.38. The van der Waals surface area contributed by atoms with Crippen LogP contribution in [-0.4, -0.2) is 64.3 Å². The molecule has 6 nitrogen and oxygen atoms in total. The van der Waals surface area contributed by atoms with E-state index in [1.807, 2.05) is 11.0 Å². The molecule has 0 radical (unpaired) electrons. The molecule has 2 aromatic rings. The summed E-state index contributed by atoms with van der Waals surface area (Å²) in [6.45, 7) is 7.48. The maximum absolute atomic E-state index is 13.0. The maximum Gasteiger partial charge on any atom is 0.278 e. The SMILES string of the molecule is COc1cc2c(cc1OC)CN(C(=O)C[NH+]1CC[NH+](Cc3ccccc3)CC1)CC2. The van der Waals surface area contributed by atoms with Gasteiger partial charge in [-0.25, -0.2) is 0 Å². The highest BCUT2D eigenvalue weighted by Crippen LogP contribution is 2.33. The highest BCUT2D eigenvalue weighted by molar-refractivity contribution is 5.77. The summed E-state index contributed by atoms with van der Waals surface area (Å²) in [6, 6.07) is 14.8. The van der Waals surface area contributed by atoms with Crippen molar-refractivity contribution in [3.8, 4) is 11.5 Å². The number of nitrogens with one attached hydrogen (secondary N) is 2. The highest BCUT2D eigenvalue weighted by atomic mass is 16.5. The van der Waals surface area contributed by atoms with Crippen molar-refractivity contribution in [1.29, 1.82) is 0 Å². The molecular formula is C24H33N3O3+2. The van der Waals surface area contributed by atoms with Crippen LogP contribution in [0.5, 0.6) is 11.5 Å². The molecule has 1 saturated heterocycles. The Morgan fingerprint density at radius 3 is 2.23 bits per heavy atom. The minimum atomic E-state index is 0.261. The lowest BCUT2D eigenvalue weighted by Crippen LogP contribution is -3.28. The molecule has 2 aliphatic heterocycles. The molecule has 2 aliphatic rings. The summed E-state index contributed by atoms with van der Waals surface area (Å²) in [4.78, 5) is 18.0. The van der Waals surface area contributed by atoms with Crippen LogP contribution in [-0.2, 0) is 24.3 Å². The van der Waals surface area contributed by atoms with Crippen molar-refractivity contribution < 1.29 is 24.1 Å². The van der Waals surface area contributed by atoms with E-state index in [1.165, 1.54) is 21.6 Å². The van der Waals surface area contributed by atoms with Gasteiger partial charge >= 0.3 is 0 Å². The summed E-state index contributed by atoms with van der Waals surface area (Å²) in [5, 5.41) is 0. The lowest BCUT2D eigenvalue weighted by atomic mass is 9.98. The third-order valence-corrected chi connectivity index (χ3v) is 6.43. The van der Waals surface area contributed by atoms with Crippen LogP contribution in [0, 0.1) is 0 Å². The fourth-order valence-corrected chi connectivity index (χ4v) is 4.62. The van der Waals surface area contributed by atoms with Crippen molar-refractivity contribution in [2.75, 3.05) is 53.5 Å². The fourth-order valence-electron chi connectivity index (χ4n) is 4.62. The standard InChI is InChI=1S/C24H31N3O3/c1-29-22-14-20-8-9-27(17-21(20)15-23(22)30-2)24(28)18-26-12-10-25(11-13-26)16-19-6-4-3-5-7-19/h3-7,14-15H,8-13,16-18H2,1-2H3/p+2. The van der Waals surface area contributed by atoms with Gasteiger partial charge in [-0.2, -0.15) is 0 Å². The number of quaternary nitrogens is 2. The Balaban J connectivity index is 1.29. The van der Waals surface area contributed by atoms with Crippen molar-refractivity contribution in [1.82, 2.24) is 4.90 Å². The smallest absolute Gasteiger partial charge is 0.278 e. The molecule has 6 heteroatoms. The lowest BCUT2D eigenvalue weighted by Gasteiger charge is -2.33. The van der Waals surface area contributed by atoms with Gasteiger partial charge in [-0.15, -0.1) is 0 Å². The van der Waals surface area contributed by atoms with Crippen LogP contribution in [0.1, 0.15) is 16.7 Å². The first-order valence-electron chi connectivity index (χ1n) is 10.9. The molecule has 0 spiro atoms. The van der Waals surface area contributed by atoms with E-state index in [9.17, 15) is 4.79 Å². The Morgan fingerprint density at radius 1 is 0.933 bits per heavy atom. The fraction of sp³-hybridized carbons (Fsp3) is 0.458. The van der Waals surface area contributed by atoms with Crippen LogP contribution in [0.25, 0.3) is 0 Å². The van der Waals surface area contributed by atoms with Crippen LogP contribution in [0.15, 0.2) is 42.5 Å². The zero-order chi connectivity index (χ0) is 20.9. The van der Waals surface area contributed by atoms with E-state index in [1.54, 1.807) is 19.1 Å².